The van der Waals surface area contributed by atoms with Crippen LogP contribution in [-0.4, -0.2) is 53.5 Å². The van der Waals surface area contributed by atoms with E-state index in [9.17, 15) is 14.0 Å². The Bertz CT molecular complexity index is 514. The Balaban J connectivity index is 1.75. The summed E-state index contributed by atoms with van der Waals surface area (Å²) in [5.74, 6) is -0.315. The summed E-state index contributed by atoms with van der Waals surface area (Å²) in [6.45, 7) is 1.48. The van der Waals surface area contributed by atoms with Gasteiger partial charge < -0.3 is 9.80 Å². The van der Waals surface area contributed by atoms with Crippen LogP contribution in [0, 0.1) is 0 Å². The van der Waals surface area contributed by atoms with Crippen molar-refractivity contribution in [2.24, 2.45) is 0 Å². The van der Waals surface area contributed by atoms with Crippen LogP contribution in [-0.2, 0) is 4.79 Å². The molecule has 21 heavy (non-hydrogen) atoms. The fourth-order valence-electron chi connectivity index (χ4n) is 3.12. The second-order valence-electron chi connectivity index (χ2n) is 5.70. The summed E-state index contributed by atoms with van der Waals surface area (Å²) in [7, 11) is 0. The number of amides is 2. The minimum absolute atomic E-state index is 0.0267. The number of likely N-dealkylation sites (tertiary alicyclic amines) is 2. The molecule has 114 valence electrons. The van der Waals surface area contributed by atoms with Crippen LogP contribution in [0.25, 0.3) is 0 Å². The summed E-state index contributed by atoms with van der Waals surface area (Å²) in [5, 5.41) is 3.56. The molecule has 2 fully saturated rings. The molecule has 2 aliphatic heterocycles. The van der Waals surface area contributed by atoms with Crippen LogP contribution in [0.1, 0.15) is 36.0 Å². The summed E-state index contributed by atoms with van der Waals surface area (Å²) >= 11 is 1.43. The lowest BCUT2D eigenvalue weighted by atomic mass is 10.1. The Labute approximate surface area is 127 Å². The molecule has 0 aromatic carbocycles. The summed E-state index contributed by atoms with van der Waals surface area (Å²) in [4.78, 5) is 28.3. The highest BCUT2D eigenvalue weighted by molar-refractivity contribution is 7.08. The van der Waals surface area contributed by atoms with Gasteiger partial charge in [-0.05, 0) is 30.7 Å². The van der Waals surface area contributed by atoms with Crippen molar-refractivity contribution in [3.05, 3.63) is 22.4 Å². The Morgan fingerprint density at radius 2 is 2.00 bits per heavy atom. The minimum atomic E-state index is -1.11. The predicted molar refractivity (Wildman–Crippen MR) is 79.1 cm³/mol. The van der Waals surface area contributed by atoms with Gasteiger partial charge in [-0.2, -0.15) is 11.3 Å². The maximum absolute atomic E-state index is 13.8. The second-order valence-corrected chi connectivity index (χ2v) is 6.48. The lowest BCUT2D eigenvalue weighted by Gasteiger charge is -2.32. The lowest BCUT2D eigenvalue weighted by molar-refractivity contribution is -0.136. The van der Waals surface area contributed by atoms with Gasteiger partial charge in [-0.25, -0.2) is 4.39 Å². The van der Waals surface area contributed by atoms with Crippen LogP contribution >= 0.6 is 11.3 Å². The first kappa shape index (κ1) is 14.5. The second kappa shape index (κ2) is 6.13. The van der Waals surface area contributed by atoms with Crippen molar-refractivity contribution in [2.45, 2.75) is 37.9 Å². The molecule has 6 heteroatoms. The van der Waals surface area contributed by atoms with Gasteiger partial charge in [0.25, 0.3) is 5.91 Å². The van der Waals surface area contributed by atoms with Crippen molar-refractivity contribution in [3.8, 4) is 0 Å². The van der Waals surface area contributed by atoms with E-state index in [-0.39, 0.29) is 24.8 Å². The van der Waals surface area contributed by atoms with Crippen molar-refractivity contribution >= 4 is 23.2 Å². The summed E-state index contributed by atoms with van der Waals surface area (Å²) in [6, 6.07) is 1.09. The fraction of sp³-hybridized carbons (Fsp3) is 0.600. The first-order valence-corrected chi connectivity index (χ1v) is 8.37. The average Bonchev–Trinajstić information content (AvgIpc) is 3.16. The number of halogens is 1. The first-order chi connectivity index (χ1) is 10.2. The van der Waals surface area contributed by atoms with E-state index in [2.05, 4.69) is 0 Å². The van der Waals surface area contributed by atoms with Crippen molar-refractivity contribution in [2.75, 3.05) is 19.6 Å². The van der Waals surface area contributed by atoms with Crippen LogP contribution < -0.4 is 0 Å². The molecule has 0 unspecified atom stereocenters. The summed E-state index contributed by atoms with van der Waals surface area (Å²) in [6.07, 6.45) is 2.15. The highest BCUT2D eigenvalue weighted by atomic mass is 32.1. The quantitative estimate of drug-likeness (QED) is 0.841. The fourth-order valence-corrected chi connectivity index (χ4v) is 3.75. The Kier molecular flexibility index (Phi) is 4.24. The van der Waals surface area contributed by atoms with E-state index < -0.39 is 12.2 Å². The van der Waals surface area contributed by atoms with Crippen LogP contribution in [0.15, 0.2) is 16.8 Å². The van der Waals surface area contributed by atoms with Crippen LogP contribution in [0.2, 0.25) is 0 Å². The molecule has 1 aromatic rings. The van der Waals surface area contributed by atoms with E-state index in [1.165, 1.54) is 16.2 Å². The molecule has 3 rings (SSSR count). The zero-order chi connectivity index (χ0) is 14.8. The third kappa shape index (κ3) is 2.95. The van der Waals surface area contributed by atoms with Crippen molar-refractivity contribution in [1.29, 1.82) is 0 Å². The minimum Gasteiger partial charge on any atom is -0.341 e. The van der Waals surface area contributed by atoms with E-state index in [1.807, 2.05) is 5.38 Å². The van der Waals surface area contributed by atoms with Crippen LogP contribution in [0.3, 0.4) is 0 Å². The van der Waals surface area contributed by atoms with E-state index >= 15 is 0 Å². The Hall–Kier alpha value is -1.43. The highest BCUT2D eigenvalue weighted by Gasteiger charge is 2.41. The number of rotatable bonds is 2. The smallest absolute Gasteiger partial charge is 0.255 e. The molecular weight excluding hydrogens is 291 g/mol. The molecule has 0 saturated carbocycles. The number of carbonyl (C=O) groups is 2. The van der Waals surface area contributed by atoms with E-state index in [0.29, 0.717) is 5.56 Å². The standard InChI is InChI=1S/C15H19FN2O2S/c16-12-8-13(15(20)17-5-2-1-3-6-17)18(9-12)14(19)11-4-7-21-10-11/h4,7,10,12-13H,1-3,5-6,8-9H2/t12-,13-/m0/s1. The van der Waals surface area contributed by atoms with Gasteiger partial charge in [0, 0.05) is 24.9 Å². The van der Waals surface area contributed by atoms with Gasteiger partial charge in [-0.1, -0.05) is 0 Å². The van der Waals surface area contributed by atoms with Gasteiger partial charge in [0.05, 0.1) is 12.1 Å². The number of nitrogens with zero attached hydrogens (tertiary/aromatic N) is 2. The molecule has 0 aliphatic carbocycles. The van der Waals surface area contributed by atoms with E-state index in [0.717, 1.165) is 32.4 Å². The molecule has 0 bridgehead atoms. The van der Waals surface area contributed by atoms with E-state index in [1.54, 1.807) is 16.3 Å². The molecule has 3 heterocycles. The maximum atomic E-state index is 13.8. The van der Waals surface area contributed by atoms with Gasteiger partial charge in [-0.15, -0.1) is 0 Å². The molecule has 0 radical (unpaired) electrons. The van der Waals surface area contributed by atoms with Crippen LogP contribution in [0.5, 0.6) is 0 Å². The topological polar surface area (TPSA) is 40.6 Å². The van der Waals surface area contributed by atoms with Gasteiger partial charge in [0.15, 0.2) is 0 Å². The SMILES string of the molecule is O=C([C@@H]1C[C@H](F)CN1C(=O)c1ccsc1)N1CCCCC1. The molecule has 1 aromatic heterocycles. The first-order valence-electron chi connectivity index (χ1n) is 7.43. The van der Waals surface area contributed by atoms with Crippen molar-refractivity contribution in [3.63, 3.8) is 0 Å². The molecule has 4 nitrogen and oxygen atoms in total. The maximum Gasteiger partial charge on any atom is 0.255 e. The molecule has 0 spiro atoms. The third-order valence-electron chi connectivity index (χ3n) is 4.23. The van der Waals surface area contributed by atoms with Crippen LogP contribution in [0.4, 0.5) is 4.39 Å². The van der Waals surface area contributed by atoms with Gasteiger partial charge in [-0.3, -0.25) is 9.59 Å². The lowest BCUT2D eigenvalue weighted by Crippen LogP contribution is -2.49. The largest absolute Gasteiger partial charge is 0.341 e. The normalized spacial score (nSPS) is 26.1. The van der Waals surface area contributed by atoms with Crippen molar-refractivity contribution < 1.29 is 14.0 Å². The molecule has 0 N–H and O–H groups in total. The Morgan fingerprint density at radius 1 is 1.24 bits per heavy atom. The molecule has 2 saturated heterocycles. The van der Waals surface area contributed by atoms with E-state index in [4.69, 9.17) is 0 Å². The third-order valence-corrected chi connectivity index (χ3v) is 4.92. The van der Waals surface area contributed by atoms with Gasteiger partial charge in [0.1, 0.15) is 12.2 Å². The molecule has 2 amide bonds. The number of carbonyl (C=O) groups excluding carboxylic acids is 2. The van der Waals surface area contributed by atoms with Gasteiger partial charge >= 0.3 is 0 Å². The number of thiophene rings is 1. The number of alkyl halides is 1. The summed E-state index contributed by atoms with van der Waals surface area (Å²) < 4.78 is 13.8. The number of hydrogen-bond donors (Lipinski definition) is 0. The predicted octanol–water partition coefficient (Wildman–Crippen LogP) is 2.31. The highest BCUT2D eigenvalue weighted by Crippen LogP contribution is 2.26. The molecule has 2 atom stereocenters. The molecular formula is C15H19FN2O2S. The van der Waals surface area contributed by atoms with Gasteiger partial charge in [0.2, 0.25) is 5.91 Å². The molecule has 2 aliphatic rings. The number of piperidine rings is 1. The summed E-state index contributed by atoms with van der Waals surface area (Å²) in [5.41, 5.74) is 0.547. The number of hydrogen-bond acceptors (Lipinski definition) is 3. The zero-order valence-corrected chi connectivity index (χ0v) is 12.7. The Morgan fingerprint density at radius 3 is 2.67 bits per heavy atom. The average molecular weight is 310 g/mol. The zero-order valence-electron chi connectivity index (χ0n) is 11.8. The monoisotopic (exact) mass is 310 g/mol. The van der Waals surface area contributed by atoms with Crippen molar-refractivity contribution in [1.82, 2.24) is 9.80 Å².